The van der Waals surface area contributed by atoms with Crippen LogP contribution in [0.3, 0.4) is 0 Å². The van der Waals surface area contributed by atoms with E-state index in [1.807, 2.05) is 25.8 Å². The summed E-state index contributed by atoms with van der Waals surface area (Å²) in [5.41, 5.74) is 1.32. The van der Waals surface area contributed by atoms with E-state index in [9.17, 15) is 30.8 Å². The Labute approximate surface area is 319 Å². The number of halogens is 4. The summed E-state index contributed by atoms with van der Waals surface area (Å²) in [7, 11) is -0.517. The summed E-state index contributed by atoms with van der Waals surface area (Å²) in [4.78, 5) is 17.8. The van der Waals surface area contributed by atoms with Gasteiger partial charge in [-0.2, -0.15) is 13.2 Å². The lowest BCUT2D eigenvalue weighted by Crippen LogP contribution is -2.46. The molecule has 0 aliphatic carbocycles. The second kappa shape index (κ2) is 20.7. The molecule has 2 aromatic carbocycles. The Hall–Kier alpha value is -4.15. The Morgan fingerprint density at radius 1 is 1.04 bits per heavy atom. The molecule has 304 valence electrons. The van der Waals surface area contributed by atoms with E-state index < -0.39 is 34.8 Å². The van der Waals surface area contributed by atoms with Gasteiger partial charge in [0.25, 0.3) is 0 Å². The fourth-order valence-electron chi connectivity index (χ4n) is 5.67. The molecule has 2 atom stereocenters. The highest BCUT2D eigenvalue weighted by molar-refractivity contribution is 7.91. The summed E-state index contributed by atoms with van der Waals surface area (Å²) in [6, 6.07) is 8.56. The van der Waals surface area contributed by atoms with Gasteiger partial charge in [0.05, 0.1) is 86.9 Å². The summed E-state index contributed by atoms with van der Waals surface area (Å²) in [5.74, 6) is 5.24. The van der Waals surface area contributed by atoms with Crippen LogP contribution in [-0.2, 0) is 35.4 Å². The summed E-state index contributed by atoms with van der Waals surface area (Å²) in [6.45, 7) is 5.05. The van der Waals surface area contributed by atoms with Crippen molar-refractivity contribution >= 4 is 38.2 Å². The summed E-state index contributed by atoms with van der Waals surface area (Å²) < 4.78 is 104. The molecule has 55 heavy (non-hydrogen) atoms. The van der Waals surface area contributed by atoms with Gasteiger partial charge in [0, 0.05) is 31.6 Å². The van der Waals surface area contributed by atoms with Gasteiger partial charge in [-0.3, -0.25) is 4.79 Å². The normalized spacial score (nSPS) is 16.5. The Balaban J connectivity index is 1.29. The number of amides is 1. The highest BCUT2D eigenvalue weighted by atomic mass is 32.2. The Bertz CT molecular complexity index is 1880. The van der Waals surface area contributed by atoms with E-state index in [1.165, 1.54) is 31.4 Å². The molecule has 18 heteroatoms. The smallest absolute Gasteiger partial charge is 0.406 e. The zero-order chi connectivity index (χ0) is 40.0. The lowest BCUT2D eigenvalue weighted by atomic mass is 10.0. The van der Waals surface area contributed by atoms with Gasteiger partial charge in [0.1, 0.15) is 24.0 Å². The molecule has 1 aromatic heterocycles. The molecule has 13 nitrogen and oxygen atoms in total. The number of ether oxygens (including phenoxy) is 4. The first kappa shape index (κ1) is 43.6. The number of anilines is 2. The predicted molar refractivity (Wildman–Crippen MR) is 201 cm³/mol. The lowest BCUT2D eigenvalue weighted by Gasteiger charge is -2.33. The highest BCUT2D eigenvalue weighted by Gasteiger charge is 2.32. The highest BCUT2D eigenvalue weighted by Crippen LogP contribution is 2.30. The third-order valence-corrected chi connectivity index (χ3v) is 10.3. The number of benzene rings is 2. The van der Waals surface area contributed by atoms with Crippen molar-refractivity contribution in [1.29, 1.82) is 0 Å². The van der Waals surface area contributed by atoms with Crippen LogP contribution in [0.4, 0.5) is 28.9 Å². The number of fused-ring (bicyclic) bond motifs is 1. The van der Waals surface area contributed by atoms with E-state index in [0.29, 0.717) is 50.7 Å². The average Bonchev–Trinajstić information content (AvgIpc) is 3.47. The first-order valence-electron chi connectivity index (χ1n) is 18.0. The van der Waals surface area contributed by atoms with E-state index in [-0.39, 0.29) is 78.0 Å². The quantitative estimate of drug-likeness (QED) is 0.0863. The minimum absolute atomic E-state index is 0.0205. The van der Waals surface area contributed by atoms with Gasteiger partial charge in [-0.25, -0.2) is 17.8 Å². The Kier molecular flexibility index (Phi) is 16.4. The number of hydrogen-bond acceptors (Lipinski definition) is 11. The Morgan fingerprint density at radius 3 is 2.42 bits per heavy atom. The van der Waals surface area contributed by atoms with Crippen LogP contribution in [-0.4, -0.2) is 133 Å². The number of aromatic nitrogens is 2. The van der Waals surface area contributed by atoms with E-state index in [0.717, 1.165) is 4.57 Å². The average molecular weight is 799 g/mol. The van der Waals surface area contributed by atoms with Crippen molar-refractivity contribution < 1.29 is 49.7 Å². The zero-order valence-corrected chi connectivity index (χ0v) is 32.3. The Morgan fingerprint density at radius 2 is 1.75 bits per heavy atom. The number of alkyl halides is 4. The van der Waals surface area contributed by atoms with Crippen LogP contribution in [0, 0.1) is 17.8 Å². The van der Waals surface area contributed by atoms with Crippen molar-refractivity contribution in [2.45, 2.75) is 50.1 Å². The van der Waals surface area contributed by atoms with Crippen molar-refractivity contribution in [1.82, 2.24) is 19.8 Å². The van der Waals surface area contributed by atoms with E-state index in [2.05, 4.69) is 32.8 Å². The molecule has 1 saturated heterocycles. The maximum atomic E-state index is 14.8. The molecule has 1 amide bonds. The predicted octanol–water partition coefficient (Wildman–Crippen LogP) is 4.12. The summed E-state index contributed by atoms with van der Waals surface area (Å²) in [5, 5.41) is 8.91. The van der Waals surface area contributed by atoms with Crippen molar-refractivity contribution in [2.24, 2.45) is 5.92 Å². The molecular formula is C37H50F4N6O7S. The number of hydrogen-bond donors (Lipinski definition) is 3. The van der Waals surface area contributed by atoms with Crippen molar-refractivity contribution in [3.05, 3.63) is 42.2 Å². The number of likely N-dealkylation sites (tertiary alicyclic amines) is 1. The first-order valence-corrected chi connectivity index (χ1v) is 19.6. The number of rotatable bonds is 20. The number of methoxy groups -OCH3 is 1. The molecule has 0 bridgehead atoms. The van der Waals surface area contributed by atoms with Crippen molar-refractivity contribution in [3.8, 4) is 17.6 Å². The fraction of sp³-hybridized carbons (Fsp3) is 0.568. The van der Waals surface area contributed by atoms with E-state index in [1.54, 1.807) is 12.1 Å². The van der Waals surface area contributed by atoms with Gasteiger partial charge >= 0.3 is 6.18 Å². The molecule has 0 unspecified atom stereocenters. The van der Waals surface area contributed by atoms with Gasteiger partial charge in [0.2, 0.25) is 5.91 Å². The minimum Gasteiger partial charge on any atom is -0.495 e. The maximum Gasteiger partial charge on any atom is 0.406 e. The SMILES string of the molecule is COc1cc(S(=O)(=O)CCOCCOCCOCCNC(=O)C(C)C)ccc1NCC#Cc1nc2c(N[C@@H]3CCN(C)C[C@@H]3F)cccc2n1CC(F)(F)F. The van der Waals surface area contributed by atoms with Crippen LogP contribution in [0.1, 0.15) is 26.1 Å². The molecule has 2 heterocycles. The molecule has 1 aliphatic rings. The lowest BCUT2D eigenvalue weighted by molar-refractivity contribution is -0.140. The first-order chi connectivity index (χ1) is 26.2. The monoisotopic (exact) mass is 798 g/mol. The van der Waals surface area contributed by atoms with Gasteiger partial charge in [0.15, 0.2) is 15.7 Å². The topological polar surface area (TPSA) is 145 Å². The fourth-order valence-corrected chi connectivity index (χ4v) is 6.80. The largest absolute Gasteiger partial charge is 0.495 e. The van der Waals surface area contributed by atoms with Crippen LogP contribution in [0.15, 0.2) is 41.3 Å². The number of piperidine rings is 1. The number of carbonyl (C=O) groups is 1. The number of carbonyl (C=O) groups excluding carboxylic acids is 1. The van der Waals surface area contributed by atoms with Crippen molar-refractivity contribution in [2.75, 3.05) is 96.4 Å². The van der Waals surface area contributed by atoms with E-state index >= 15 is 0 Å². The molecule has 4 rings (SSSR count). The molecule has 3 aromatic rings. The second-order valence-electron chi connectivity index (χ2n) is 13.2. The van der Waals surface area contributed by atoms with Crippen LogP contribution >= 0.6 is 0 Å². The van der Waals surface area contributed by atoms with Crippen LogP contribution in [0.5, 0.6) is 5.75 Å². The molecular weight excluding hydrogens is 749 g/mol. The van der Waals surface area contributed by atoms with Gasteiger partial charge in [-0.15, -0.1) is 0 Å². The molecule has 1 fully saturated rings. The molecule has 0 saturated carbocycles. The van der Waals surface area contributed by atoms with E-state index in [4.69, 9.17) is 18.9 Å². The zero-order valence-electron chi connectivity index (χ0n) is 31.5. The number of imidazole rings is 1. The summed E-state index contributed by atoms with van der Waals surface area (Å²) >= 11 is 0. The van der Waals surface area contributed by atoms with Crippen LogP contribution in [0.2, 0.25) is 0 Å². The molecule has 0 radical (unpaired) electrons. The van der Waals surface area contributed by atoms with Crippen molar-refractivity contribution in [3.63, 3.8) is 0 Å². The molecule has 3 N–H and O–H groups in total. The molecule has 0 spiro atoms. The molecule has 1 aliphatic heterocycles. The van der Waals surface area contributed by atoms with Gasteiger partial charge in [-0.05, 0) is 43.7 Å². The minimum atomic E-state index is -4.55. The number of para-hydroxylation sites is 1. The van der Waals surface area contributed by atoms with Gasteiger partial charge in [-0.1, -0.05) is 25.8 Å². The second-order valence-corrected chi connectivity index (χ2v) is 15.4. The standard InChI is InChI=1S/C37H50F4N6O7S/c1-26(2)36(48)43-14-16-52-17-18-53-19-20-54-21-22-55(49,50)27-10-11-30(33(23-27)51-4)42-13-6-9-34-45-35-31(44-29-12-15-46(3)24-28(29)38)7-5-8-32(35)47(34)25-37(39,40)41/h5,7-8,10-11,23,26,28-29,42,44H,12-22,24-25H2,1-4H3,(H,43,48)/t28-,29+/m0/s1. The third kappa shape index (κ3) is 13.5. The van der Waals surface area contributed by atoms with Crippen LogP contribution < -0.4 is 20.7 Å². The number of nitrogens with one attached hydrogen (secondary N) is 3. The number of nitrogens with zero attached hydrogens (tertiary/aromatic N) is 3. The summed E-state index contributed by atoms with van der Waals surface area (Å²) in [6.07, 6.45) is -5.18. The third-order valence-electron chi connectivity index (χ3n) is 8.61. The van der Waals surface area contributed by atoms with Gasteiger partial charge < -0.3 is 44.4 Å². The van der Waals surface area contributed by atoms with Crippen LogP contribution in [0.25, 0.3) is 11.0 Å². The maximum absolute atomic E-state index is 14.8. The number of sulfone groups is 1.